The molecule has 0 saturated heterocycles. The molecule has 0 amide bonds. The van der Waals surface area contributed by atoms with Crippen LogP contribution in [0.5, 0.6) is 11.5 Å². The second kappa shape index (κ2) is 15.9. The zero-order chi connectivity index (χ0) is 35.7. The van der Waals surface area contributed by atoms with Gasteiger partial charge in [0, 0.05) is 42.5 Å². The van der Waals surface area contributed by atoms with Gasteiger partial charge in [-0.25, -0.2) is 9.59 Å². The zero-order valence-corrected chi connectivity index (χ0v) is 27.3. The van der Waals surface area contributed by atoms with Crippen LogP contribution < -0.4 is 0 Å². The number of aliphatic hydroxyl groups excluding tert-OH is 2. The molecule has 0 atom stereocenters. The van der Waals surface area contributed by atoms with E-state index >= 15 is 0 Å². The molecule has 2 aromatic heterocycles. The van der Waals surface area contributed by atoms with Gasteiger partial charge in [-0.2, -0.15) is 0 Å². The Morgan fingerprint density at radius 2 is 0.980 bits per heavy atom. The van der Waals surface area contributed by atoms with Crippen LogP contribution in [-0.2, 0) is 38.3 Å². The van der Waals surface area contributed by atoms with Crippen molar-refractivity contribution in [3.05, 3.63) is 119 Å². The highest BCUT2D eigenvalue weighted by atomic mass is 16.5. The molecule has 2 heterocycles. The third-order valence-corrected chi connectivity index (χ3v) is 7.83. The number of ether oxygens (including phenoxy) is 2. The summed E-state index contributed by atoms with van der Waals surface area (Å²) in [5.74, 6) is -1.46. The minimum absolute atomic E-state index is 0.0163. The smallest absolute Gasteiger partial charge is 0.330 e. The molecule has 0 fully saturated rings. The lowest BCUT2D eigenvalue weighted by molar-refractivity contribution is -0.138. The molecule has 0 spiro atoms. The van der Waals surface area contributed by atoms with Gasteiger partial charge in [-0.1, -0.05) is 48.6 Å². The van der Waals surface area contributed by atoms with Crippen LogP contribution in [0.2, 0.25) is 0 Å². The molecule has 4 N–H and O–H groups in total. The van der Waals surface area contributed by atoms with Crippen LogP contribution in [0.4, 0.5) is 0 Å². The number of hydrogen-bond acceptors (Lipinski definition) is 12. The zero-order valence-electron chi connectivity index (χ0n) is 27.3. The number of carbonyl (C=O) groups excluding carboxylic acids is 2. The normalized spacial score (nSPS) is 11.6. The molecule has 0 bridgehead atoms. The SMILES string of the molecule is O=C(C=CCO)OCCc1cc(Cc2cc(CCOC(=O)C=CCO)cc(-n3nc4ccccc4n3)c2O)c(O)c(-n2nc3ccccc3n2)c1. The van der Waals surface area contributed by atoms with E-state index in [4.69, 9.17) is 19.7 Å². The van der Waals surface area contributed by atoms with Crippen molar-refractivity contribution >= 4 is 34.0 Å². The number of aliphatic hydroxyl groups is 2. The first-order chi connectivity index (χ1) is 24.8. The molecule has 0 radical (unpaired) electrons. The van der Waals surface area contributed by atoms with Crippen molar-refractivity contribution in [1.29, 1.82) is 0 Å². The van der Waals surface area contributed by atoms with Crippen LogP contribution in [0.3, 0.4) is 0 Å². The second-order valence-electron chi connectivity index (χ2n) is 11.4. The average Bonchev–Trinajstić information content (AvgIpc) is 3.77. The lowest BCUT2D eigenvalue weighted by Crippen LogP contribution is -2.09. The summed E-state index contributed by atoms with van der Waals surface area (Å²) in [7, 11) is 0. The maximum absolute atomic E-state index is 12.0. The Bertz CT molecular complexity index is 2030. The minimum Gasteiger partial charge on any atom is -0.505 e. The van der Waals surface area contributed by atoms with Gasteiger partial charge in [0.2, 0.25) is 0 Å². The maximum Gasteiger partial charge on any atom is 0.330 e. The van der Waals surface area contributed by atoms with E-state index in [-0.39, 0.29) is 68.6 Å². The number of hydrogen-bond donors (Lipinski definition) is 4. The first kappa shape index (κ1) is 34.5. The van der Waals surface area contributed by atoms with Gasteiger partial charge in [0.1, 0.15) is 44.9 Å². The quantitative estimate of drug-likeness (QED) is 0.0962. The Morgan fingerprint density at radius 3 is 1.33 bits per heavy atom. The van der Waals surface area contributed by atoms with Gasteiger partial charge >= 0.3 is 11.9 Å². The van der Waals surface area contributed by atoms with E-state index in [0.29, 0.717) is 44.3 Å². The predicted octanol–water partition coefficient (Wildman–Crippen LogP) is 3.42. The topological polar surface area (TPSA) is 195 Å². The summed E-state index contributed by atoms with van der Waals surface area (Å²) in [6.45, 7) is -0.549. The lowest BCUT2D eigenvalue weighted by Gasteiger charge is -2.16. The van der Waals surface area contributed by atoms with Crippen molar-refractivity contribution in [2.24, 2.45) is 0 Å². The summed E-state index contributed by atoms with van der Waals surface area (Å²) >= 11 is 0. The Kier molecular flexibility index (Phi) is 10.7. The fourth-order valence-corrected chi connectivity index (χ4v) is 5.42. The van der Waals surface area contributed by atoms with Crippen molar-refractivity contribution in [3.8, 4) is 22.9 Å². The Hall–Kier alpha value is -6.38. The highest BCUT2D eigenvalue weighted by molar-refractivity contribution is 5.82. The van der Waals surface area contributed by atoms with Crippen LogP contribution in [0.25, 0.3) is 33.4 Å². The monoisotopic (exact) mass is 690 g/mol. The molecule has 0 aliphatic carbocycles. The number of carbonyl (C=O) groups is 2. The number of phenolic OH excluding ortho intramolecular Hbond substituents is 2. The fourth-order valence-electron chi connectivity index (χ4n) is 5.42. The van der Waals surface area contributed by atoms with Crippen molar-refractivity contribution in [3.63, 3.8) is 0 Å². The molecule has 51 heavy (non-hydrogen) atoms. The van der Waals surface area contributed by atoms with E-state index in [1.165, 1.54) is 21.7 Å². The number of benzene rings is 4. The molecular weight excluding hydrogens is 656 g/mol. The largest absolute Gasteiger partial charge is 0.505 e. The van der Waals surface area contributed by atoms with Crippen LogP contribution in [-0.4, -0.2) is 88.8 Å². The molecule has 6 rings (SSSR count). The highest BCUT2D eigenvalue weighted by Crippen LogP contribution is 2.35. The van der Waals surface area contributed by atoms with E-state index in [1.54, 1.807) is 48.5 Å². The maximum atomic E-state index is 12.0. The summed E-state index contributed by atoms with van der Waals surface area (Å²) in [4.78, 5) is 26.7. The molecule has 0 aliphatic heterocycles. The van der Waals surface area contributed by atoms with Gasteiger partial charge < -0.3 is 29.9 Å². The number of fused-ring (bicyclic) bond motifs is 2. The van der Waals surface area contributed by atoms with Gasteiger partial charge in [-0.05, 0) is 47.5 Å². The van der Waals surface area contributed by atoms with Gasteiger partial charge in [-0.3, -0.25) is 0 Å². The Labute approximate surface area is 291 Å². The van der Waals surface area contributed by atoms with Crippen molar-refractivity contribution in [2.45, 2.75) is 19.3 Å². The van der Waals surface area contributed by atoms with Crippen LogP contribution >= 0.6 is 0 Å². The standard InChI is InChI=1S/C37H34N6O8/c44-15-5-11-34(46)50-17-13-24-19-26(36(48)32(21-24)42-38-28-7-1-2-8-29(28)39-42)23-27-20-25(14-18-51-35(47)12-6-16-45)22-33(37(27)49)43-40-30-9-3-4-10-31(30)41-43/h1-12,19-22,44-45,48-49H,13-18,23H2. The first-order valence-corrected chi connectivity index (χ1v) is 16.1. The number of rotatable bonds is 14. The molecular formula is C37H34N6O8. The third kappa shape index (κ3) is 8.26. The molecule has 260 valence electrons. The van der Waals surface area contributed by atoms with Crippen molar-refractivity contribution in [2.75, 3.05) is 26.4 Å². The fraction of sp³-hybridized carbons (Fsp3) is 0.189. The second-order valence-corrected chi connectivity index (χ2v) is 11.4. The summed E-state index contributed by atoms with van der Waals surface area (Å²) in [6, 6.07) is 21.5. The lowest BCUT2D eigenvalue weighted by atomic mass is 9.96. The van der Waals surface area contributed by atoms with Crippen LogP contribution in [0, 0.1) is 0 Å². The minimum atomic E-state index is -0.604. The number of aromatic nitrogens is 6. The van der Waals surface area contributed by atoms with Crippen molar-refractivity contribution in [1.82, 2.24) is 30.0 Å². The molecule has 0 saturated carbocycles. The molecule has 14 nitrogen and oxygen atoms in total. The highest BCUT2D eigenvalue weighted by Gasteiger charge is 2.20. The third-order valence-electron chi connectivity index (χ3n) is 7.83. The molecule has 4 aromatic carbocycles. The predicted molar refractivity (Wildman–Crippen MR) is 186 cm³/mol. The van der Waals surface area contributed by atoms with Crippen LogP contribution in [0.1, 0.15) is 22.3 Å². The van der Waals surface area contributed by atoms with E-state index in [2.05, 4.69) is 20.4 Å². The summed E-state index contributed by atoms with van der Waals surface area (Å²) in [5.41, 5.74) is 5.28. The Morgan fingerprint density at radius 1 is 0.608 bits per heavy atom. The van der Waals surface area contributed by atoms with Gasteiger partial charge in [-0.15, -0.1) is 30.0 Å². The van der Waals surface area contributed by atoms with Crippen molar-refractivity contribution < 1.29 is 39.5 Å². The van der Waals surface area contributed by atoms with Crippen LogP contribution in [0.15, 0.2) is 97.1 Å². The number of esters is 2. The summed E-state index contributed by atoms with van der Waals surface area (Å²) in [6.07, 6.45) is 5.44. The molecule has 0 unspecified atom stereocenters. The van der Waals surface area contributed by atoms with E-state index < -0.39 is 11.9 Å². The van der Waals surface area contributed by atoms with E-state index in [1.807, 2.05) is 24.3 Å². The van der Waals surface area contributed by atoms with E-state index in [0.717, 1.165) is 12.2 Å². The molecule has 6 aromatic rings. The average molecular weight is 691 g/mol. The summed E-state index contributed by atoms with van der Waals surface area (Å²) < 4.78 is 10.6. The number of aromatic hydroxyl groups is 2. The Balaban J connectivity index is 1.39. The molecule has 14 heteroatoms. The van der Waals surface area contributed by atoms with Gasteiger partial charge in [0.25, 0.3) is 0 Å². The summed E-state index contributed by atoms with van der Waals surface area (Å²) in [5, 5.41) is 59.4. The number of phenols is 2. The van der Waals surface area contributed by atoms with E-state index in [9.17, 15) is 19.8 Å². The van der Waals surface area contributed by atoms with Gasteiger partial charge in [0.05, 0.1) is 26.4 Å². The molecule has 0 aliphatic rings. The number of nitrogens with zero attached hydrogens (tertiary/aromatic N) is 6. The first-order valence-electron chi connectivity index (χ1n) is 16.1. The van der Waals surface area contributed by atoms with Gasteiger partial charge in [0.15, 0.2) is 0 Å².